The van der Waals surface area contributed by atoms with Gasteiger partial charge in [-0.2, -0.15) is 0 Å². The van der Waals surface area contributed by atoms with Gasteiger partial charge in [-0.05, 0) is 12.1 Å². The number of halogens is 1. The number of aliphatic carboxylic acids is 1. The van der Waals surface area contributed by atoms with Crippen molar-refractivity contribution in [3.63, 3.8) is 0 Å². The first-order chi connectivity index (χ1) is 6.02. The zero-order valence-electron chi connectivity index (χ0n) is 6.57. The SMILES string of the molecule is Nc1ccc(C(O)C(=O)O)c(Cl)c1. The van der Waals surface area contributed by atoms with Gasteiger partial charge in [0.2, 0.25) is 0 Å². The zero-order valence-corrected chi connectivity index (χ0v) is 7.32. The molecule has 0 aliphatic rings. The number of nitrogens with two attached hydrogens (primary N) is 1. The van der Waals surface area contributed by atoms with Crippen molar-refractivity contribution in [1.82, 2.24) is 0 Å². The molecule has 0 spiro atoms. The number of carboxylic acids is 1. The molecule has 4 nitrogen and oxygen atoms in total. The molecule has 0 aromatic heterocycles. The Kier molecular flexibility index (Phi) is 2.75. The average Bonchev–Trinajstić information content (AvgIpc) is 2.03. The number of anilines is 1. The molecule has 0 bridgehead atoms. The maximum absolute atomic E-state index is 10.4. The van der Waals surface area contributed by atoms with Crippen LogP contribution in [0.25, 0.3) is 0 Å². The molecule has 4 N–H and O–H groups in total. The Bertz CT molecular complexity index is 340. The third-order valence-corrected chi connectivity index (χ3v) is 1.88. The first-order valence-electron chi connectivity index (χ1n) is 3.48. The molecule has 0 saturated heterocycles. The number of hydrogen-bond donors (Lipinski definition) is 3. The number of aliphatic hydroxyl groups is 1. The van der Waals surface area contributed by atoms with E-state index in [-0.39, 0.29) is 10.6 Å². The molecule has 1 unspecified atom stereocenters. The first kappa shape index (κ1) is 9.83. The van der Waals surface area contributed by atoms with E-state index in [2.05, 4.69) is 0 Å². The molecule has 1 aromatic rings. The Hall–Kier alpha value is -1.26. The van der Waals surface area contributed by atoms with Gasteiger partial charge in [-0.15, -0.1) is 0 Å². The molecule has 13 heavy (non-hydrogen) atoms. The minimum atomic E-state index is -1.60. The molecular weight excluding hydrogens is 194 g/mol. The second-order valence-electron chi connectivity index (χ2n) is 2.52. The summed E-state index contributed by atoms with van der Waals surface area (Å²) >= 11 is 5.67. The highest BCUT2D eigenvalue weighted by molar-refractivity contribution is 6.31. The van der Waals surface area contributed by atoms with Gasteiger partial charge in [-0.25, -0.2) is 4.79 Å². The highest BCUT2D eigenvalue weighted by Gasteiger charge is 2.18. The fourth-order valence-corrected chi connectivity index (χ4v) is 1.19. The van der Waals surface area contributed by atoms with Crippen LogP contribution in [0.3, 0.4) is 0 Å². The topological polar surface area (TPSA) is 83.5 Å². The molecule has 0 amide bonds. The first-order valence-corrected chi connectivity index (χ1v) is 3.86. The number of carbonyl (C=O) groups is 1. The molecule has 0 aliphatic heterocycles. The molecule has 0 aliphatic carbocycles. The number of nitrogen functional groups attached to an aromatic ring is 1. The third kappa shape index (κ3) is 2.11. The molecule has 5 heteroatoms. The second kappa shape index (κ2) is 3.64. The van der Waals surface area contributed by atoms with Gasteiger partial charge in [0.15, 0.2) is 6.10 Å². The molecule has 1 rings (SSSR count). The molecule has 0 heterocycles. The van der Waals surface area contributed by atoms with Gasteiger partial charge in [-0.3, -0.25) is 0 Å². The lowest BCUT2D eigenvalue weighted by atomic mass is 10.1. The normalized spacial score (nSPS) is 12.5. The summed E-state index contributed by atoms with van der Waals surface area (Å²) in [6.45, 7) is 0. The van der Waals surface area contributed by atoms with Crippen LogP contribution in [-0.2, 0) is 4.79 Å². The quantitative estimate of drug-likeness (QED) is 0.625. The third-order valence-electron chi connectivity index (χ3n) is 1.55. The Morgan fingerprint density at radius 1 is 1.54 bits per heavy atom. The Morgan fingerprint density at radius 2 is 2.15 bits per heavy atom. The number of benzene rings is 1. The van der Waals surface area contributed by atoms with E-state index in [0.29, 0.717) is 5.69 Å². The fourth-order valence-electron chi connectivity index (χ4n) is 0.898. The van der Waals surface area contributed by atoms with Crippen molar-refractivity contribution >= 4 is 23.3 Å². The summed E-state index contributed by atoms with van der Waals surface area (Å²) in [5, 5.41) is 17.8. The Labute approximate surface area is 79.6 Å². The van der Waals surface area contributed by atoms with Crippen LogP contribution in [0, 0.1) is 0 Å². The van der Waals surface area contributed by atoms with E-state index in [1.165, 1.54) is 18.2 Å². The summed E-state index contributed by atoms with van der Waals surface area (Å²) in [6, 6.07) is 4.26. The maximum Gasteiger partial charge on any atom is 0.337 e. The Balaban J connectivity index is 3.08. The summed E-state index contributed by atoms with van der Waals surface area (Å²) < 4.78 is 0. The van der Waals surface area contributed by atoms with Crippen molar-refractivity contribution in [2.24, 2.45) is 0 Å². The minimum Gasteiger partial charge on any atom is -0.479 e. The van der Waals surface area contributed by atoms with Crippen molar-refractivity contribution in [3.05, 3.63) is 28.8 Å². The van der Waals surface area contributed by atoms with E-state index in [4.69, 9.17) is 27.5 Å². The van der Waals surface area contributed by atoms with E-state index >= 15 is 0 Å². The molecule has 0 saturated carbocycles. The monoisotopic (exact) mass is 201 g/mol. The molecule has 1 aromatic carbocycles. The van der Waals surface area contributed by atoms with Crippen molar-refractivity contribution in [2.75, 3.05) is 5.73 Å². The van der Waals surface area contributed by atoms with Crippen LogP contribution in [0.2, 0.25) is 5.02 Å². The van der Waals surface area contributed by atoms with E-state index in [0.717, 1.165) is 0 Å². The Morgan fingerprint density at radius 3 is 2.62 bits per heavy atom. The van der Waals surface area contributed by atoms with Crippen LogP contribution >= 0.6 is 11.6 Å². The molecule has 70 valence electrons. The summed E-state index contributed by atoms with van der Waals surface area (Å²) in [5.74, 6) is -1.34. The minimum absolute atomic E-state index is 0.142. The van der Waals surface area contributed by atoms with Crippen LogP contribution in [0.4, 0.5) is 5.69 Å². The highest BCUT2D eigenvalue weighted by atomic mass is 35.5. The lowest BCUT2D eigenvalue weighted by molar-refractivity contribution is -0.146. The lowest BCUT2D eigenvalue weighted by Gasteiger charge is -2.07. The van der Waals surface area contributed by atoms with Crippen LogP contribution in [-0.4, -0.2) is 16.2 Å². The van der Waals surface area contributed by atoms with Crippen molar-refractivity contribution in [2.45, 2.75) is 6.10 Å². The van der Waals surface area contributed by atoms with Crippen LogP contribution < -0.4 is 5.73 Å². The van der Waals surface area contributed by atoms with Gasteiger partial charge in [0.25, 0.3) is 0 Å². The largest absolute Gasteiger partial charge is 0.479 e. The number of rotatable bonds is 2. The predicted octanol–water partition coefficient (Wildman–Crippen LogP) is 1.04. The van der Waals surface area contributed by atoms with E-state index in [1.54, 1.807) is 0 Å². The van der Waals surface area contributed by atoms with Crippen LogP contribution in [0.15, 0.2) is 18.2 Å². The van der Waals surface area contributed by atoms with Gasteiger partial charge in [0.1, 0.15) is 0 Å². The summed E-state index contributed by atoms with van der Waals surface area (Å²) in [5.41, 5.74) is 5.95. The number of aliphatic hydroxyl groups excluding tert-OH is 1. The summed E-state index contributed by atoms with van der Waals surface area (Å²) in [4.78, 5) is 10.4. The maximum atomic E-state index is 10.4. The standard InChI is InChI=1S/C8H8ClNO3/c9-6-3-4(10)1-2-5(6)7(11)8(12)13/h1-3,7,11H,10H2,(H,12,13). The van der Waals surface area contributed by atoms with E-state index < -0.39 is 12.1 Å². The number of carboxylic acid groups (broad SMARTS) is 1. The molecule has 1 atom stereocenters. The summed E-state index contributed by atoms with van der Waals surface area (Å²) in [6.07, 6.45) is -1.60. The van der Waals surface area contributed by atoms with Gasteiger partial charge < -0.3 is 15.9 Å². The van der Waals surface area contributed by atoms with Crippen molar-refractivity contribution in [1.29, 1.82) is 0 Å². The van der Waals surface area contributed by atoms with Crippen LogP contribution in [0.5, 0.6) is 0 Å². The van der Waals surface area contributed by atoms with Gasteiger partial charge in [0, 0.05) is 16.3 Å². The smallest absolute Gasteiger partial charge is 0.337 e. The summed E-state index contributed by atoms with van der Waals surface area (Å²) in [7, 11) is 0. The number of hydrogen-bond acceptors (Lipinski definition) is 3. The van der Waals surface area contributed by atoms with Gasteiger partial charge in [-0.1, -0.05) is 17.7 Å². The van der Waals surface area contributed by atoms with Crippen molar-refractivity contribution < 1.29 is 15.0 Å². The van der Waals surface area contributed by atoms with Gasteiger partial charge in [0.05, 0.1) is 0 Å². The van der Waals surface area contributed by atoms with Crippen LogP contribution in [0.1, 0.15) is 11.7 Å². The molecule has 0 fully saturated rings. The second-order valence-corrected chi connectivity index (χ2v) is 2.93. The van der Waals surface area contributed by atoms with Crippen molar-refractivity contribution in [3.8, 4) is 0 Å². The van der Waals surface area contributed by atoms with E-state index in [9.17, 15) is 4.79 Å². The predicted molar refractivity (Wildman–Crippen MR) is 48.5 cm³/mol. The molecular formula is C8H8ClNO3. The van der Waals surface area contributed by atoms with Gasteiger partial charge >= 0.3 is 5.97 Å². The lowest BCUT2D eigenvalue weighted by Crippen LogP contribution is -2.10. The average molecular weight is 202 g/mol. The zero-order chi connectivity index (χ0) is 10.0. The van der Waals surface area contributed by atoms with E-state index in [1.807, 2.05) is 0 Å². The highest BCUT2D eigenvalue weighted by Crippen LogP contribution is 2.25. The molecule has 0 radical (unpaired) electrons. The fraction of sp³-hybridized carbons (Fsp3) is 0.125.